The molecule has 3 nitrogen and oxygen atoms in total. The fourth-order valence-corrected chi connectivity index (χ4v) is 2.60. The summed E-state index contributed by atoms with van der Waals surface area (Å²) in [6.07, 6.45) is 0. The average Bonchev–Trinajstić information content (AvgIpc) is 2.36. The van der Waals surface area contributed by atoms with E-state index in [0.29, 0.717) is 15.8 Å². The van der Waals surface area contributed by atoms with E-state index in [1.54, 1.807) is 6.07 Å². The third kappa shape index (κ3) is 3.19. The van der Waals surface area contributed by atoms with Crippen LogP contribution in [0, 0.1) is 12.7 Å². The Bertz CT molecular complexity index is 666. The van der Waals surface area contributed by atoms with Crippen molar-refractivity contribution in [3.05, 3.63) is 56.2 Å². The summed E-state index contributed by atoms with van der Waals surface area (Å²) in [6.45, 7) is 1.83. The minimum absolute atomic E-state index is 0.229. The van der Waals surface area contributed by atoms with Crippen molar-refractivity contribution in [2.75, 3.05) is 11.1 Å². The number of carbonyl (C=O) groups is 1. The lowest BCUT2D eigenvalue weighted by Crippen LogP contribution is -2.14. The lowest BCUT2D eigenvalue weighted by molar-refractivity contribution is 0.102. The van der Waals surface area contributed by atoms with Crippen LogP contribution in [0.25, 0.3) is 0 Å². The highest BCUT2D eigenvalue weighted by molar-refractivity contribution is 9.10. The van der Waals surface area contributed by atoms with Crippen LogP contribution in [0.5, 0.6) is 0 Å². The molecule has 0 saturated heterocycles. The lowest BCUT2D eigenvalue weighted by atomic mass is 10.1. The van der Waals surface area contributed by atoms with Crippen LogP contribution in [0.1, 0.15) is 15.9 Å². The highest BCUT2D eigenvalue weighted by Crippen LogP contribution is 2.28. The van der Waals surface area contributed by atoms with Gasteiger partial charge in [-0.15, -0.1) is 0 Å². The number of benzene rings is 2. The largest absolute Gasteiger partial charge is 0.397 e. The van der Waals surface area contributed by atoms with Crippen molar-refractivity contribution in [2.24, 2.45) is 0 Å². The fourth-order valence-electron chi connectivity index (χ4n) is 1.76. The number of nitrogens with two attached hydrogens (primary N) is 1. The number of nitrogen functional groups attached to an aromatic ring is 1. The number of rotatable bonds is 2. The molecule has 2 aromatic rings. The Kier molecular flexibility index (Phi) is 4.45. The summed E-state index contributed by atoms with van der Waals surface area (Å²) in [5, 5.41) is 2.70. The highest BCUT2D eigenvalue weighted by atomic mass is 79.9. The van der Waals surface area contributed by atoms with Crippen molar-refractivity contribution in [1.82, 2.24) is 0 Å². The normalized spacial score (nSPS) is 10.4. The standard InChI is InChI=1S/C14H11Br2FN2O/c1-7-4-9(15)6-12(18)13(7)19-14(20)8-2-3-10(16)11(17)5-8/h2-6H,18H2,1H3,(H,19,20). The van der Waals surface area contributed by atoms with E-state index in [9.17, 15) is 9.18 Å². The molecular weight excluding hydrogens is 391 g/mol. The second kappa shape index (κ2) is 5.93. The second-order valence-electron chi connectivity index (χ2n) is 4.27. The lowest BCUT2D eigenvalue weighted by Gasteiger charge is -2.12. The molecule has 3 N–H and O–H groups in total. The molecule has 6 heteroatoms. The number of anilines is 2. The maximum atomic E-state index is 13.4. The average molecular weight is 402 g/mol. The zero-order chi connectivity index (χ0) is 14.9. The Morgan fingerprint density at radius 1 is 1.25 bits per heavy atom. The molecule has 0 atom stereocenters. The van der Waals surface area contributed by atoms with Crippen LogP contribution in [-0.4, -0.2) is 5.91 Å². The molecule has 20 heavy (non-hydrogen) atoms. The van der Waals surface area contributed by atoms with Gasteiger partial charge in [-0.1, -0.05) is 15.9 Å². The Hall–Kier alpha value is -1.40. The first-order valence-corrected chi connectivity index (χ1v) is 7.29. The van der Waals surface area contributed by atoms with Crippen LogP contribution in [0.4, 0.5) is 15.8 Å². The van der Waals surface area contributed by atoms with Gasteiger partial charge in [-0.05, 0) is 58.7 Å². The Morgan fingerprint density at radius 3 is 2.55 bits per heavy atom. The topological polar surface area (TPSA) is 55.1 Å². The van der Waals surface area contributed by atoms with Crippen molar-refractivity contribution in [3.8, 4) is 0 Å². The molecule has 0 aromatic heterocycles. The predicted octanol–water partition coefficient (Wildman–Crippen LogP) is 4.49. The van der Waals surface area contributed by atoms with Crippen LogP contribution in [-0.2, 0) is 0 Å². The quantitative estimate of drug-likeness (QED) is 0.728. The van der Waals surface area contributed by atoms with Gasteiger partial charge in [-0.25, -0.2) is 4.39 Å². The van der Waals surface area contributed by atoms with E-state index < -0.39 is 11.7 Å². The molecule has 0 bridgehead atoms. The maximum Gasteiger partial charge on any atom is 0.255 e. The molecule has 0 aliphatic heterocycles. The van der Waals surface area contributed by atoms with Crippen molar-refractivity contribution in [3.63, 3.8) is 0 Å². The number of amides is 1. The third-order valence-corrected chi connectivity index (χ3v) is 3.85. The van der Waals surface area contributed by atoms with Gasteiger partial charge in [0, 0.05) is 10.0 Å². The van der Waals surface area contributed by atoms with Crippen molar-refractivity contribution >= 4 is 49.1 Å². The van der Waals surface area contributed by atoms with Gasteiger partial charge in [0.2, 0.25) is 0 Å². The van der Waals surface area contributed by atoms with E-state index in [1.165, 1.54) is 18.2 Å². The zero-order valence-electron chi connectivity index (χ0n) is 10.5. The van der Waals surface area contributed by atoms with E-state index in [0.717, 1.165) is 10.0 Å². The molecule has 0 spiro atoms. The maximum absolute atomic E-state index is 13.4. The van der Waals surface area contributed by atoms with Crippen LogP contribution in [0.3, 0.4) is 0 Å². The smallest absolute Gasteiger partial charge is 0.255 e. The summed E-state index contributed by atoms with van der Waals surface area (Å²) >= 11 is 6.37. The van der Waals surface area contributed by atoms with Gasteiger partial charge in [0.25, 0.3) is 5.91 Å². The first-order chi connectivity index (χ1) is 9.38. The van der Waals surface area contributed by atoms with Gasteiger partial charge < -0.3 is 11.1 Å². The molecule has 0 fully saturated rings. The molecule has 1 amide bonds. The summed E-state index contributed by atoms with van der Waals surface area (Å²) in [5.74, 6) is -0.897. The van der Waals surface area contributed by atoms with Crippen molar-refractivity contribution in [1.29, 1.82) is 0 Å². The van der Waals surface area contributed by atoms with Gasteiger partial charge in [0.1, 0.15) is 5.82 Å². The predicted molar refractivity (Wildman–Crippen MR) is 85.3 cm³/mol. The number of hydrogen-bond acceptors (Lipinski definition) is 2. The molecule has 0 radical (unpaired) electrons. The number of aryl methyl sites for hydroxylation is 1. The van der Waals surface area contributed by atoms with Crippen LogP contribution >= 0.6 is 31.9 Å². The Balaban J connectivity index is 2.30. The second-order valence-corrected chi connectivity index (χ2v) is 6.04. The summed E-state index contributed by atoms with van der Waals surface area (Å²) in [4.78, 5) is 12.1. The van der Waals surface area contributed by atoms with Gasteiger partial charge in [-0.2, -0.15) is 0 Å². The van der Waals surface area contributed by atoms with Crippen molar-refractivity contribution in [2.45, 2.75) is 6.92 Å². The summed E-state index contributed by atoms with van der Waals surface area (Å²) in [6, 6.07) is 7.73. The van der Waals surface area contributed by atoms with E-state index in [4.69, 9.17) is 5.73 Å². The van der Waals surface area contributed by atoms with E-state index in [-0.39, 0.29) is 5.56 Å². The number of nitrogens with one attached hydrogen (secondary N) is 1. The van der Waals surface area contributed by atoms with Crippen LogP contribution in [0.2, 0.25) is 0 Å². The highest BCUT2D eigenvalue weighted by Gasteiger charge is 2.12. The van der Waals surface area contributed by atoms with Gasteiger partial charge >= 0.3 is 0 Å². The summed E-state index contributed by atoms with van der Waals surface area (Å²) in [7, 11) is 0. The Morgan fingerprint density at radius 2 is 1.95 bits per heavy atom. The molecule has 0 unspecified atom stereocenters. The monoisotopic (exact) mass is 400 g/mol. The SMILES string of the molecule is Cc1cc(Br)cc(N)c1NC(=O)c1ccc(Br)c(F)c1. The molecule has 0 aliphatic rings. The van der Waals surface area contributed by atoms with Crippen molar-refractivity contribution < 1.29 is 9.18 Å². The van der Waals surface area contributed by atoms with E-state index in [2.05, 4.69) is 37.2 Å². The number of carbonyl (C=O) groups excluding carboxylic acids is 1. The first kappa shape index (κ1) is 15.0. The van der Waals surface area contributed by atoms with Gasteiger partial charge in [0.15, 0.2) is 0 Å². The zero-order valence-corrected chi connectivity index (χ0v) is 13.7. The van der Waals surface area contributed by atoms with Gasteiger partial charge in [-0.3, -0.25) is 4.79 Å². The molecule has 0 heterocycles. The number of halogens is 3. The molecule has 104 valence electrons. The number of hydrogen-bond donors (Lipinski definition) is 2. The molecule has 2 aromatic carbocycles. The Labute approximate surface area is 132 Å². The molecular formula is C14H11Br2FN2O. The molecule has 2 rings (SSSR count). The van der Waals surface area contributed by atoms with Gasteiger partial charge in [0.05, 0.1) is 15.8 Å². The third-order valence-electron chi connectivity index (χ3n) is 2.75. The summed E-state index contributed by atoms with van der Waals surface area (Å²) in [5.41, 5.74) is 7.90. The van der Waals surface area contributed by atoms with E-state index >= 15 is 0 Å². The minimum atomic E-state index is -0.488. The summed E-state index contributed by atoms with van der Waals surface area (Å²) < 4.78 is 14.6. The molecule has 0 saturated carbocycles. The molecule has 0 aliphatic carbocycles. The minimum Gasteiger partial charge on any atom is -0.397 e. The van der Waals surface area contributed by atoms with Crippen LogP contribution in [0.15, 0.2) is 39.3 Å². The fraction of sp³-hybridized carbons (Fsp3) is 0.0714. The first-order valence-electron chi connectivity index (χ1n) is 5.70. The van der Waals surface area contributed by atoms with Crippen LogP contribution < -0.4 is 11.1 Å². The van der Waals surface area contributed by atoms with E-state index in [1.807, 2.05) is 13.0 Å².